The van der Waals surface area contributed by atoms with Crippen LogP contribution >= 0.6 is 11.8 Å². The summed E-state index contributed by atoms with van der Waals surface area (Å²) >= 11 is 1.17. The number of amides is 3. The normalized spacial score (nSPS) is 14.3. The fraction of sp³-hybridized carbons (Fsp3) is 0.379. The van der Waals surface area contributed by atoms with E-state index in [0.29, 0.717) is 0 Å². The first-order valence-electron chi connectivity index (χ1n) is 13.0. The summed E-state index contributed by atoms with van der Waals surface area (Å²) in [5.41, 5.74) is 15.6. The van der Waals surface area contributed by atoms with Crippen LogP contribution in [0.1, 0.15) is 30.9 Å². The van der Waals surface area contributed by atoms with E-state index in [1.165, 1.54) is 17.8 Å². The van der Waals surface area contributed by atoms with Crippen LogP contribution in [0.3, 0.4) is 0 Å². The molecule has 2 aromatic carbocycles. The smallest absolute Gasteiger partial charge is 0.407 e. The molecule has 0 heterocycles. The summed E-state index contributed by atoms with van der Waals surface area (Å²) in [6, 6.07) is 13.0. The molecule has 0 saturated carbocycles. The van der Waals surface area contributed by atoms with Crippen LogP contribution in [0.25, 0.3) is 11.1 Å². The molecule has 11 heteroatoms. The molecule has 1 aliphatic rings. The Labute approximate surface area is 238 Å². The first-order valence-corrected chi connectivity index (χ1v) is 14.1. The summed E-state index contributed by atoms with van der Waals surface area (Å²) in [6.45, 7) is 7.07. The van der Waals surface area contributed by atoms with E-state index < -0.39 is 42.0 Å². The Kier molecular flexibility index (Phi) is 11.2. The largest absolute Gasteiger partial charge is 0.460 e. The third-order valence-electron chi connectivity index (χ3n) is 6.45. The van der Waals surface area contributed by atoms with Crippen LogP contribution in [0.2, 0.25) is 0 Å². The van der Waals surface area contributed by atoms with Gasteiger partial charge in [0.2, 0.25) is 11.8 Å². The Morgan fingerprint density at radius 2 is 1.57 bits per heavy atom. The Morgan fingerprint density at radius 1 is 0.975 bits per heavy atom. The molecule has 3 rings (SSSR count). The lowest BCUT2D eigenvalue weighted by molar-refractivity contribution is -0.143. The Balaban J connectivity index is 1.66. The van der Waals surface area contributed by atoms with Crippen molar-refractivity contribution in [3.8, 4) is 11.1 Å². The van der Waals surface area contributed by atoms with E-state index in [1.54, 1.807) is 13.8 Å². The summed E-state index contributed by atoms with van der Waals surface area (Å²) in [6.07, 6.45) is 0.637. The molecular weight excluding hydrogens is 532 g/mol. The summed E-state index contributed by atoms with van der Waals surface area (Å²) in [5.74, 6) is -2.13. The molecule has 0 radical (unpaired) electrons. The Hall–Kier alpha value is -3.83. The van der Waals surface area contributed by atoms with Crippen molar-refractivity contribution in [3.63, 3.8) is 0 Å². The number of nitrogens with two attached hydrogens (primary N) is 2. The van der Waals surface area contributed by atoms with Crippen LogP contribution in [0.4, 0.5) is 4.79 Å². The van der Waals surface area contributed by atoms with E-state index in [2.05, 4.69) is 17.2 Å². The van der Waals surface area contributed by atoms with Crippen LogP contribution in [0.15, 0.2) is 61.2 Å². The minimum absolute atomic E-state index is 0.0370. The third-order valence-corrected chi connectivity index (χ3v) is 7.62. The number of nitrogens with one attached hydrogen (secondary N) is 2. The number of benzene rings is 2. The summed E-state index contributed by atoms with van der Waals surface area (Å²) < 4.78 is 10.5. The Bertz CT molecular complexity index is 1190. The molecule has 0 spiro atoms. The van der Waals surface area contributed by atoms with Crippen molar-refractivity contribution in [2.24, 2.45) is 17.4 Å². The summed E-state index contributed by atoms with van der Waals surface area (Å²) in [5, 5.41) is 5.20. The van der Waals surface area contributed by atoms with E-state index in [9.17, 15) is 19.2 Å². The van der Waals surface area contributed by atoms with Crippen molar-refractivity contribution < 1.29 is 28.7 Å². The molecule has 3 amide bonds. The highest BCUT2D eigenvalue weighted by Crippen LogP contribution is 2.44. The zero-order valence-electron chi connectivity index (χ0n) is 22.6. The molecule has 0 aliphatic heterocycles. The number of carbonyl (C=O) groups excluding carboxylic acids is 4. The van der Waals surface area contributed by atoms with Crippen molar-refractivity contribution in [1.82, 2.24) is 10.6 Å². The molecule has 40 heavy (non-hydrogen) atoms. The molecular formula is C29H36N4O6S. The molecule has 0 unspecified atom stereocenters. The van der Waals surface area contributed by atoms with E-state index in [0.717, 1.165) is 22.3 Å². The van der Waals surface area contributed by atoms with E-state index in [-0.39, 0.29) is 36.6 Å². The maximum Gasteiger partial charge on any atom is 0.407 e. The third kappa shape index (κ3) is 7.86. The average Bonchev–Trinajstić information content (AvgIpc) is 3.25. The van der Waals surface area contributed by atoms with Gasteiger partial charge >= 0.3 is 12.1 Å². The number of hydrogen-bond donors (Lipinski definition) is 4. The maximum absolute atomic E-state index is 13.1. The molecule has 10 nitrogen and oxygen atoms in total. The van der Waals surface area contributed by atoms with Crippen molar-refractivity contribution in [3.05, 3.63) is 72.3 Å². The molecule has 0 aromatic heterocycles. The lowest BCUT2D eigenvalue weighted by Crippen LogP contribution is -2.55. The van der Waals surface area contributed by atoms with Crippen LogP contribution in [0.5, 0.6) is 0 Å². The monoisotopic (exact) mass is 568 g/mol. The highest BCUT2D eigenvalue weighted by molar-refractivity contribution is 7.99. The van der Waals surface area contributed by atoms with Gasteiger partial charge in [-0.25, -0.2) is 4.79 Å². The number of thioether (sulfide) groups is 1. The minimum atomic E-state index is -1.09. The number of carbonyl (C=O) groups is 4. The number of esters is 1. The van der Waals surface area contributed by atoms with Crippen molar-refractivity contribution in [2.45, 2.75) is 37.9 Å². The molecule has 2 aromatic rings. The molecule has 1 aliphatic carbocycles. The van der Waals surface area contributed by atoms with Gasteiger partial charge in [-0.3, -0.25) is 14.4 Å². The van der Waals surface area contributed by atoms with E-state index in [1.807, 2.05) is 48.5 Å². The topological polar surface area (TPSA) is 163 Å². The second-order valence-electron chi connectivity index (χ2n) is 9.72. The van der Waals surface area contributed by atoms with Gasteiger partial charge in [-0.2, -0.15) is 11.8 Å². The fourth-order valence-electron chi connectivity index (χ4n) is 4.41. The van der Waals surface area contributed by atoms with Crippen molar-refractivity contribution in [1.29, 1.82) is 0 Å². The van der Waals surface area contributed by atoms with Crippen LogP contribution in [0, 0.1) is 5.92 Å². The highest BCUT2D eigenvalue weighted by Gasteiger charge is 2.31. The molecule has 214 valence electrons. The second-order valence-corrected chi connectivity index (χ2v) is 10.8. The molecule has 0 fully saturated rings. The van der Waals surface area contributed by atoms with Gasteiger partial charge in [0, 0.05) is 17.4 Å². The van der Waals surface area contributed by atoms with Crippen LogP contribution in [-0.4, -0.2) is 66.7 Å². The number of primary amides is 1. The lowest BCUT2D eigenvalue weighted by Gasteiger charge is -2.24. The Morgan fingerprint density at radius 3 is 2.12 bits per heavy atom. The quantitative estimate of drug-likeness (QED) is 0.199. The molecule has 0 saturated heterocycles. The van der Waals surface area contributed by atoms with Crippen LogP contribution in [-0.2, 0) is 23.9 Å². The zero-order chi connectivity index (χ0) is 29.2. The van der Waals surface area contributed by atoms with E-state index >= 15 is 0 Å². The number of alkyl carbamates (subject to hydrolysis) is 1. The molecule has 3 atom stereocenters. The van der Waals surface area contributed by atoms with Gasteiger partial charge in [-0.15, -0.1) is 0 Å². The molecule has 0 bridgehead atoms. The average molecular weight is 569 g/mol. The van der Waals surface area contributed by atoms with Gasteiger partial charge in [0.15, 0.2) is 0 Å². The summed E-state index contributed by atoms with van der Waals surface area (Å²) in [7, 11) is 0. The van der Waals surface area contributed by atoms with Gasteiger partial charge in [0.25, 0.3) is 0 Å². The summed E-state index contributed by atoms with van der Waals surface area (Å²) in [4.78, 5) is 49.8. The SMILES string of the molecule is C=CCOC(=O)[C@H](N)CSC[C@H](NC(=O)OCC1c2ccccc2-c2ccccc21)C(=O)N[C@H](C(N)=O)C(C)C. The number of hydrogen-bond acceptors (Lipinski definition) is 8. The van der Waals surface area contributed by atoms with Crippen molar-refractivity contribution >= 4 is 35.6 Å². The van der Waals surface area contributed by atoms with Gasteiger partial charge in [-0.1, -0.05) is 75.0 Å². The van der Waals surface area contributed by atoms with Gasteiger partial charge in [0.05, 0.1) is 0 Å². The minimum Gasteiger partial charge on any atom is -0.460 e. The predicted octanol–water partition coefficient (Wildman–Crippen LogP) is 2.31. The van der Waals surface area contributed by atoms with Gasteiger partial charge in [0.1, 0.15) is 31.3 Å². The fourth-order valence-corrected chi connectivity index (χ4v) is 5.41. The number of fused-ring (bicyclic) bond motifs is 3. The van der Waals surface area contributed by atoms with Gasteiger partial charge < -0.3 is 31.6 Å². The zero-order valence-corrected chi connectivity index (χ0v) is 23.4. The molecule has 6 N–H and O–H groups in total. The van der Waals surface area contributed by atoms with Crippen molar-refractivity contribution in [2.75, 3.05) is 24.7 Å². The first-order chi connectivity index (χ1) is 19.1. The predicted molar refractivity (Wildman–Crippen MR) is 154 cm³/mol. The second kappa shape index (κ2) is 14.5. The van der Waals surface area contributed by atoms with Gasteiger partial charge in [-0.05, 0) is 28.2 Å². The maximum atomic E-state index is 13.1. The van der Waals surface area contributed by atoms with Crippen LogP contribution < -0.4 is 22.1 Å². The number of ether oxygens (including phenoxy) is 2. The lowest BCUT2D eigenvalue weighted by atomic mass is 9.98. The standard InChI is InChI=1S/C29H36N4O6S/c1-4-13-38-28(36)23(30)15-40-16-24(27(35)33-25(17(2)3)26(31)34)32-29(37)39-14-22-20-11-7-5-9-18(20)19-10-6-8-12-21(19)22/h4-12,17,22-25H,1,13-16,30H2,2-3H3,(H2,31,34)(H,32,37)(H,33,35)/t23-,24+,25+/m1/s1. The van der Waals surface area contributed by atoms with E-state index in [4.69, 9.17) is 20.9 Å². The number of rotatable bonds is 14. The first kappa shape index (κ1) is 30.7. The highest BCUT2D eigenvalue weighted by atomic mass is 32.2.